The van der Waals surface area contributed by atoms with Gasteiger partial charge in [-0.25, -0.2) is 4.39 Å². The molecule has 0 aliphatic heterocycles. The number of carbonyl (C=O) groups is 1. The van der Waals surface area contributed by atoms with E-state index >= 15 is 0 Å². The minimum Gasteiger partial charge on any atom is -0.356 e. The van der Waals surface area contributed by atoms with Gasteiger partial charge in [0.1, 0.15) is 5.82 Å². The predicted octanol–water partition coefficient (Wildman–Crippen LogP) is 5.63. The number of unbranched alkanes of at least 4 members (excludes halogenated alkanes) is 2. The molecule has 0 aliphatic carbocycles. The molecule has 0 aliphatic rings. The van der Waals surface area contributed by atoms with Crippen molar-refractivity contribution in [2.45, 2.75) is 52.0 Å². The van der Waals surface area contributed by atoms with E-state index in [4.69, 9.17) is 0 Å². The lowest BCUT2D eigenvalue weighted by atomic mass is 9.88. The first kappa shape index (κ1) is 20.1. The molecule has 3 rings (SSSR count). The molecule has 0 radical (unpaired) electrons. The fourth-order valence-electron chi connectivity index (χ4n) is 3.78. The largest absolute Gasteiger partial charge is 0.356 e. The summed E-state index contributed by atoms with van der Waals surface area (Å²) >= 11 is 0. The maximum absolute atomic E-state index is 13.5. The van der Waals surface area contributed by atoms with Crippen molar-refractivity contribution < 1.29 is 9.18 Å². The first-order valence-corrected chi connectivity index (χ1v) is 10.2. The van der Waals surface area contributed by atoms with Crippen molar-refractivity contribution in [1.82, 2.24) is 9.88 Å². The number of amides is 1. The summed E-state index contributed by atoms with van der Waals surface area (Å²) in [6.45, 7) is 5.83. The summed E-state index contributed by atoms with van der Waals surface area (Å²) < 4.78 is 15.7. The Morgan fingerprint density at radius 3 is 2.54 bits per heavy atom. The second-order valence-electron chi connectivity index (χ2n) is 7.25. The van der Waals surface area contributed by atoms with E-state index in [9.17, 15) is 9.18 Å². The van der Waals surface area contributed by atoms with Gasteiger partial charge in [-0.15, -0.1) is 0 Å². The van der Waals surface area contributed by atoms with Crippen LogP contribution in [-0.4, -0.2) is 17.0 Å². The van der Waals surface area contributed by atoms with E-state index < -0.39 is 0 Å². The maximum atomic E-state index is 13.5. The number of rotatable bonds is 9. The van der Waals surface area contributed by atoms with E-state index in [2.05, 4.69) is 42.1 Å². The molecule has 28 heavy (non-hydrogen) atoms. The van der Waals surface area contributed by atoms with Crippen molar-refractivity contribution in [2.24, 2.45) is 0 Å². The van der Waals surface area contributed by atoms with Crippen LogP contribution in [0.5, 0.6) is 0 Å². The second kappa shape index (κ2) is 9.54. The summed E-state index contributed by atoms with van der Waals surface area (Å²) in [7, 11) is 0. The van der Waals surface area contributed by atoms with Crippen molar-refractivity contribution in [3.63, 3.8) is 0 Å². The Morgan fingerprint density at radius 1 is 1.07 bits per heavy atom. The molecule has 0 bridgehead atoms. The highest BCUT2D eigenvalue weighted by atomic mass is 19.1. The lowest BCUT2D eigenvalue weighted by molar-refractivity contribution is -0.121. The molecule has 0 fully saturated rings. The van der Waals surface area contributed by atoms with Crippen LogP contribution in [-0.2, 0) is 11.3 Å². The van der Waals surface area contributed by atoms with E-state index in [0.717, 1.165) is 47.8 Å². The molecule has 0 saturated heterocycles. The van der Waals surface area contributed by atoms with Crippen molar-refractivity contribution >= 4 is 16.8 Å². The number of aromatic nitrogens is 1. The van der Waals surface area contributed by atoms with E-state index in [1.54, 1.807) is 12.1 Å². The Kier molecular flexibility index (Phi) is 6.85. The highest BCUT2D eigenvalue weighted by Crippen LogP contribution is 2.34. The number of hydrogen-bond donors (Lipinski definition) is 1. The van der Waals surface area contributed by atoms with Gasteiger partial charge in [-0.2, -0.15) is 0 Å². The fourth-order valence-corrected chi connectivity index (χ4v) is 3.78. The normalized spacial score (nSPS) is 12.2. The monoisotopic (exact) mass is 380 g/mol. The molecule has 1 N–H and O–H groups in total. The number of nitrogens with zero attached hydrogens (tertiary/aromatic N) is 1. The van der Waals surface area contributed by atoms with Crippen molar-refractivity contribution in [3.05, 3.63) is 71.7 Å². The average Bonchev–Trinajstić information content (AvgIpc) is 3.09. The number of para-hydroxylation sites is 1. The van der Waals surface area contributed by atoms with Gasteiger partial charge in [-0.3, -0.25) is 4.79 Å². The van der Waals surface area contributed by atoms with Crippen molar-refractivity contribution in [1.29, 1.82) is 0 Å². The molecular formula is C24H29FN2O. The zero-order valence-corrected chi connectivity index (χ0v) is 16.7. The van der Waals surface area contributed by atoms with Gasteiger partial charge in [0.05, 0.1) is 0 Å². The molecule has 148 valence electrons. The maximum Gasteiger partial charge on any atom is 0.220 e. The Bertz CT molecular complexity index is 914. The smallest absolute Gasteiger partial charge is 0.220 e. The van der Waals surface area contributed by atoms with Gasteiger partial charge < -0.3 is 9.88 Å². The van der Waals surface area contributed by atoms with Crippen LogP contribution in [0.3, 0.4) is 0 Å². The van der Waals surface area contributed by atoms with Gasteiger partial charge in [0.2, 0.25) is 5.91 Å². The van der Waals surface area contributed by atoms with Crippen LogP contribution < -0.4 is 5.32 Å². The number of benzene rings is 2. The van der Waals surface area contributed by atoms with E-state index in [-0.39, 0.29) is 17.6 Å². The zero-order valence-electron chi connectivity index (χ0n) is 16.7. The third-order valence-electron chi connectivity index (χ3n) is 5.30. The van der Waals surface area contributed by atoms with Crippen LogP contribution in [0.15, 0.2) is 54.7 Å². The highest BCUT2D eigenvalue weighted by Gasteiger charge is 2.22. The van der Waals surface area contributed by atoms with Gasteiger partial charge in [0.25, 0.3) is 0 Å². The fraction of sp³-hybridized carbons (Fsp3) is 0.375. The molecule has 1 aromatic heterocycles. The summed E-state index contributed by atoms with van der Waals surface area (Å²) in [6, 6.07) is 14.8. The topological polar surface area (TPSA) is 34.0 Å². The van der Waals surface area contributed by atoms with Crippen LogP contribution in [0.25, 0.3) is 10.9 Å². The molecule has 0 unspecified atom stereocenters. The molecule has 1 heterocycles. The SMILES string of the molecule is CCCCCNC(=O)C[C@H](c1ccc(F)cc1)c1cn(CC)c2ccccc12. The Balaban J connectivity index is 1.93. The molecule has 3 aromatic rings. The Labute approximate surface area is 166 Å². The molecule has 2 aromatic carbocycles. The van der Waals surface area contributed by atoms with E-state index in [1.807, 2.05) is 12.1 Å². The average molecular weight is 381 g/mol. The van der Waals surface area contributed by atoms with Crippen LogP contribution >= 0.6 is 0 Å². The van der Waals surface area contributed by atoms with Crippen LogP contribution in [0, 0.1) is 5.82 Å². The summed E-state index contributed by atoms with van der Waals surface area (Å²) in [5.41, 5.74) is 3.24. The van der Waals surface area contributed by atoms with Crippen molar-refractivity contribution in [3.8, 4) is 0 Å². The summed E-state index contributed by atoms with van der Waals surface area (Å²) in [5, 5.41) is 4.20. The quantitative estimate of drug-likeness (QED) is 0.480. The predicted molar refractivity (Wildman–Crippen MR) is 113 cm³/mol. The second-order valence-corrected chi connectivity index (χ2v) is 7.25. The first-order chi connectivity index (χ1) is 13.6. The number of carbonyl (C=O) groups excluding carboxylic acids is 1. The summed E-state index contributed by atoms with van der Waals surface area (Å²) in [4.78, 5) is 12.7. The number of halogens is 1. The van der Waals surface area contributed by atoms with E-state index in [1.165, 1.54) is 12.1 Å². The van der Waals surface area contributed by atoms with Gasteiger partial charge >= 0.3 is 0 Å². The summed E-state index contributed by atoms with van der Waals surface area (Å²) in [5.74, 6) is -0.328. The van der Waals surface area contributed by atoms with Gasteiger partial charge in [-0.05, 0) is 42.7 Å². The number of aryl methyl sites for hydroxylation is 1. The van der Waals surface area contributed by atoms with Crippen LogP contribution in [0.1, 0.15) is 56.6 Å². The van der Waals surface area contributed by atoms with Gasteiger partial charge in [0.15, 0.2) is 0 Å². The van der Waals surface area contributed by atoms with E-state index in [0.29, 0.717) is 13.0 Å². The third-order valence-corrected chi connectivity index (χ3v) is 5.30. The Hall–Kier alpha value is -2.62. The van der Waals surface area contributed by atoms with Crippen LogP contribution in [0.4, 0.5) is 4.39 Å². The third kappa shape index (κ3) is 4.61. The minimum atomic E-state index is -0.262. The van der Waals surface area contributed by atoms with Crippen molar-refractivity contribution in [2.75, 3.05) is 6.54 Å². The van der Waals surface area contributed by atoms with Gasteiger partial charge in [0, 0.05) is 42.5 Å². The molecule has 3 nitrogen and oxygen atoms in total. The molecule has 1 amide bonds. The number of nitrogens with one attached hydrogen (secondary N) is 1. The standard InChI is InChI=1S/C24H29FN2O/c1-3-5-8-15-26-24(28)16-21(18-11-13-19(25)14-12-18)22-17-27(4-2)23-10-7-6-9-20(22)23/h6-7,9-14,17,21H,3-5,8,15-16H2,1-2H3,(H,26,28)/t21-/m1/s1. The number of fused-ring (bicyclic) bond motifs is 1. The lowest BCUT2D eigenvalue weighted by Gasteiger charge is -2.17. The lowest BCUT2D eigenvalue weighted by Crippen LogP contribution is -2.26. The molecule has 0 spiro atoms. The zero-order chi connectivity index (χ0) is 19.9. The number of hydrogen-bond acceptors (Lipinski definition) is 1. The molecule has 1 atom stereocenters. The summed E-state index contributed by atoms with van der Waals surface area (Å²) in [6.07, 6.45) is 5.74. The molecular weight excluding hydrogens is 351 g/mol. The molecule has 0 saturated carbocycles. The molecule has 4 heteroatoms. The highest BCUT2D eigenvalue weighted by molar-refractivity contribution is 5.86. The Morgan fingerprint density at radius 2 is 1.82 bits per heavy atom. The minimum absolute atomic E-state index is 0.0405. The van der Waals surface area contributed by atoms with Gasteiger partial charge in [-0.1, -0.05) is 50.1 Å². The first-order valence-electron chi connectivity index (χ1n) is 10.2. The van der Waals surface area contributed by atoms with Crippen LogP contribution in [0.2, 0.25) is 0 Å².